The number of pyridine rings is 2. The van der Waals surface area contributed by atoms with Crippen LogP contribution in [0.25, 0.3) is 55.6 Å². The van der Waals surface area contributed by atoms with Crippen molar-refractivity contribution in [2.24, 2.45) is 5.41 Å². The molecule has 3 aromatic heterocycles. The molecule has 0 unspecified atom stereocenters. The van der Waals surface area contributed by atoms with E-state index in [1.54, 1.807) is 12.3 Å². The smallest absolute Gasteiger partial charge is 0.121 e. The van der Waals surface area contributed by atoms with E-state index in [4.69, 9.17) is 8.53 Å². The van der Waals surface area contributed by atoms with Crippen LogP contribution in [-0.2, 0) is 26.5 Å². The molecule has 0 aliphatic heterocycles. The molecule has 0 amide bonds. The second kappa shape index (κ2) is 16.1. The number of nitrogens with zero attached hydrogens (tertiary/aromatic N) is 2. The number of benzene rings is 4. The largest absolute Gasteiger partial charge is 0.500 e. The molecule has 0 fully saturated rings. The molecule has 3 nitrogen and oxygen atoms in total. The molecule has 275 valence electrons. The molecule has 4 aromatic carbocycles. The molecule has 3 heterocycles. The fourth-order valence-corrected chi connectivity index (χ4v) is 8.50. The molecule has 0 aliphatic rings. The van der Waals surface area contributed by atoms with Crippen LogP contribution >= 0.6 is 0 Å². The van der Waals surface area contributed by atoms with Crippen molar-refractivity contribution in [3.63, 3.8) is 0 Å². The summed E-state index contributed by atoms with van der Waals surface area (Å²) in [6, 6.07) is 34.8. The minimum absolute atomic E-state index is 0. The summed E-state index contributed by atoms with van der Waals surface area (Å²) in [5.41, 5.74) is 12.4. The van der Waals surface area contributed by atoms with Crippen LogP contribution in [0.1, 0.15) is 72.4 Å². The van der Waals surface area contributed by atoms with Crippen molar-refractivity contribution in [1.82, 2.24) is 9.97 Å². The maximum absolute atomic E-state index is 8.66. The summed E-state index contributed by atoms with van der Waals surface area (Å²) in [5, 5.41) is 3.33. The summed E-state index contributed by atoms with van der Waals surface area (Å²) >= 11 is 0. The summed E-state index contributed by atoms with van der Waals surface area (Å²) in [5.74, 6) is -0.609. The van der Waals surface area contributed by atoms with Crippen LogP contribution in [-0.4, -0.2) is 18.0 Å². The first-order valence-corrected chi connectivity index (χ1v) is 21.6. The molecule has 0 N–H and O–H groups in total. The van der Waals surface area contributed by atoms with E-state index in [1.807, 2.05) is 83.3 Å². The van der Waals surface area contributed by atoms with Gasteiger partial charge in [-0.1, -0.05) is 107 Å². The van der Waals surface area contributed by atoms with Gasteiger partial charge in [0.2, 0.25) is 0 Å². The molecule has 0 saturated carbocycles. The third kappa shape index (κ3) is 9.33. The fourth-order valence-electron chi connectivity index (χ4n) is 6.92. The Hall–Kier alpha value is -4.15. The van der Waals surface area contributed by atoms with Gasteiger partial charge in [-0.3, -0.25) is 0 Å². The minimum atomic E-state index is -1.50. The van der Waals surface area contributed by atoms with E-state index in [0.717, 1.165) is 44.3 Å². The average molecular weight is 896 g/mol. The Morgan fingerprint density at radius 1 is 0.811 bits per heavy atom. The quantitative estimate of drug-likeness (QED) is 0.123. The van der Waals surface area contributed by atoms with Gasteiger partial charge >= 0.3 is 0 Å². The van der Waals surface area contributed by atoms with Crippen molar-refractivity contribution in [3.8, 4) is 33.6 Å². The van der Waals surface area contributed by atoms with Gasteiger partial charge in [-0.15, -0.1) is 59.7 Å². The molecule has 7 aromatic rings. The zero-order valence-corrected chi connectivity index (χ0v) is 36.3. The first kappa shape index (κ1) is 35.9. The topological polar surface area (TPSA) is 38.9 Å². The molecule has 0 spiro atoms. The number of hydrogen-bond donors (Lipinski definition) is 0. The maximum atomic E-state index is 8.66. The second-order valence-corrected chi connectivity index (χ2v) is 21.2. The van der Waals surface area contributed by atoms with Gasteiger partial charge in [-0.2, -0.15) is 0 Å². The summed E-state index contributed by atoms with van der Waals surface area (Å²) in [4.78, 5) is 9.15. The molecule has 0 bridgehead atoms. The molecule has 0 aliphatic carbocycles. The van der Waals surface area contributed by atoms with Crippen LogP contribution in [0.2, 0.25) is 19.6 Å². The molecule has 0 saturated heterocycles. The Kier molecular flexibility index (Phi) is 10.9. The van der Waals surface area contributed by atoms with E-state index < -0.39 is 25.8 Å². The van der Waals surface area contributed by atoms with Crippen molar-refractivity contribution in [2.45, 2.75) is 87.3 Å². The first-order valence-electron chi connectivity index (χ1n) is 19.6. The standard InChI is InChI=1S/C31H30NO.C17H22NSi.Ir/c1-19-13-20(2)30(21(3)14-19)24-8-10-29-26(17-24)25-16-23(7-9-28(25)33-29)27-15-22(11-12-32-27)18-31(4,5)6;1-13(2)15-11-16(14-9-7-6-8-10-14)18-12-17(15)19(3,4)5;/h8-17H,18H2,1-6H3;6-9,11-13H,1-5H3;/q2*-1;/i18D2;13D;. The number of rotatable bonds is 6. The van der Waals surface area contributed by atoms with Gasteiger partial charge in [-0.25, -0.2) is 0 Å². The molecule has 5 heteroatoms. The van der Waals surface area contributed by atoms with Gasteiger partial charge in [-0.05, 0) is 95.5 Å². The number of hydrogen-bond acceptors (Lipinski definition) is 3. The molecule has 0 atom stereocenters. The minimum Gasteiger partial charge on any atom is -0.500 e. The Labute approximate surface area is 335 Å². The van der Waals surface area contributed by atoms with Crippen LogP contribution in [0.15, 0.2) is 102 Å². The maximum Gasteiger partial charge on any atom is 0.121 e. The Morgan fingerprint density at radius 3 is 2.15 bits per heavy atom. The van der Waals surface area contributed by atoms with Gasteiger partial charge in [0.05, 0.1) is 13.7 Å². The Balaban J connectivity index is 0.000000244. The monoisotopic (exact) mass is 896 g/mol. The van der Waals surface area contributed by atoms with E-state index >= 15 is 0 Å². The molecular formula is C48H52IrN2OSi-2. The van der Waals surface area contributed by atoms with Crippen molar-refractivity contribution in [3.05, 3.63) is 137 Å². The van der Waals surface area contributed by atoms with Gasteiger partial charge in [0, 0.05) is 42.0 Å². The summed E-state index contributed by atoms with van der Waals surface area (Å²) in [6.45, 7) is 23.0. The molecule has 1 radical (unpaired) electrons. The van der Waals surface area contributed by atoms with Gasteiger partial charge in [0.15, 0.2) is 0 Å². The third-order valence-electron chi connectivity index (χ3n) is 9.16. The van der Waals surface area contributed by atoms with Crippen LogP contribution in [0.5, 0.6) is 0 Å². The van der Waals surface area contributed by atoms with E-state index in [1.165, 1.54) is 33.0 Å². The summed E-state index contributed by atoms with van der Waals surface area (Å²) in [6.07, 6.45) is 2.17. The normalized spacial score (nSPS) is 13.1. The molecule has 7 rings (SSSR count). The SMILES string of the molecule is [2H]C(C)(C)c1cc(-c2[c-]cccc2)ncc1[Si](C)(C)C.[2H]C([2H])(c1ccnc(-c2[c-]cc3oc4ccc(-c5c(C)cc(C)cc5C)cc4c3c2)c1)C(C)(C)C.[Ir]. The zero-order chi connectivity index (χ0) is 40.1. The van der Waals surface area contributed by atoms with Crippen LogP contribution in [0.3, 0.4) is 0 Å². The third-order valence-corrected chi connectivity index (χ3v) is 11.2. The van der Waals surface area contributed by atoms with Crippen LogP contribution < -0.4 is 5.19 Å². The van der Waals surface area contributed by atoms with E-state index in [-0.39, 0.29) is 20.1 Å². The number of aryl methyl sites for hydroxylation is 3. The zero-order valence-electron chi connectivity index (χ0n) is 35.9. The van der Waals surface area contributed by atoms with Crippen molar-refractivity contribution < 1.29 is 28.6 Å². The van der Waals surface area contributed by atoms with Crippen LogP contribution in [0, 0.1) is 38.3 Å². The number of fused-ring (bicyclic) bond motifs is 3. The van der Waals surface area contributed by atoms with Crippen LogP contribution in [0.4, 0.5) is 0 Å². The van der Waals surface area contributed by atoms with E-state index in [2.05, 4.69) is 98.9 Å². The second-order valence-electron chi connectivity index (χ2n) is 16.2. The van der Waals surface area contributed by atoms with Gasteiger partial charge in [0.1, 0.15) is 5.58 Å². The van der Waals surface area contributed by atoms with Gasteiger partial charge < -0.3 is 14.4 Å². The Morgan fingerprint density at radius 2 is 1.51 bits per heavy atom. The van der Waals surface area contributed by atoms with Gasteiger partial charge in [0.25, 0.3) is 0 Å². The predicted octanol–water partition coefficient (Wildman–Crippen LogP) is 12.8. The van der Waals surface area contributed by atoms with Crippen molar-refractivity contribution >= 4 is 35.2 Å². The van der Waals surface area contributed by atoms with Crippen molar-refractivity contribution in [2.75, 3.05) is 0 Å². The molecule has 53 heavy (non-hydrogen) atoms. The fraction of sp³-hybridized carbons (Fsp3) is 0.292. The predicted molar refractivity (Wildman–Crippen MR) is 224 cm³/mol. The van der Waals surface area contributed by atoms with E-state index in [9.17, 15) is 0 Å². The van der Waals surface area contributed by atoms with E-state index in [0.29, 0.717) is 11.3 Å². The number of aromatic nitrogens is 2. The number of furan rings is 1. The summed E-state index contributed by atoms with van der Waals surface area (Å²) in [7, 11) is -1.50. The molecular weight excluding hydrogens is 841 g/mol. The first-order chi connectivity index (χ1) is 25.6. The Bertz CT molecular complexity index is 2490. The summed E-state index contributed by atoms with van der Waals surface area (Å²) < 4.78 is 31.9. The average Bonchev–Trinajstić information content (AvgIpc) is 3.48. The van der Waals surface area contributed by atoms with Crippen molar-refractivity contribution in [1.29, 1.82) is 0 Å².